The standard InChI is InChI=1S/C9H17N3O/c1-4-7(6(3)10)9-11-8(5-2)12-13-9/h6-7H,4-5,10H2,1-3H3. The molecule has 0 aliphatic heterocycles. The summed E-state index contributed by atoms with van der Waals surface area (Å²) in [6.45, 7) is 6.04. The molecule has 4 nitrogen and oxygen atoms in total. The maximum absolute atomic E-state index is 5.80. The summed E-state index contributed by atoms with van der Waals surface area (Å²) < 4.78 is 5.13. The second-order valence-electron chi connectivity index (χ2n) is 3.28. The van der Waals surface area contributed by atoms with Crippen LogP contribution in [-0.4, -0.2) is 16.2 Å². The molecule has 0 bridgehead atoms. The van der Waals surface area contributed by atoms with E-state index in [0.717, 1.165) is 18.7 Å². The van der Waals surface area contributed by atoms with Gasteiger partial charge in [0.05, 0.1) is 5.92 Å². The summed E-state index contributed by atoms with van der Waals surface area (Å²) in [4.78, 5) is 4.26. The molecule has 1 heterocycles. The molecule has 2 unspecified atom stereocenters. The van der Waals surface area contributed by atoms with E-state index >= 15 is 0 Å². The lowest BCUT2D eigenvalue weighted by Gasteiger charge is -2.13. The summed E-state index contributed by atoms with van der Waals surface area (Å²) in [6.07, 6.45) is 1.74. The summed E-state index contributed by atoms with van der Waals surface area (Å²) in [5, 5.41) is 3.84. The Bertz CT molecular complexity index is 257. The van der Waals surface area contributed by atoms with Gasteiger partial charge in [-0.25, -0.2) is 0 Å². The molecule has 1 aromatic heterocycles. The van der Waals surface area contributed by atoms with Gasteiger partial charge in [-0.1, -0.05) is 19.0 Å². The molecule has 13 heavy (non-hydrogen) atoms. The van der Waals surface area contributed by atoms with Crippen molar-refractivity contribution < 1.29 is 4.52 Å². The third-order valence-corrected chi connectivity index (χ3v) is 2.19. The van der Waals surface area contributed by atoms with Crippen LogP contribution in [0.25, 0.3) is 0 Å². The number of hydrogen-bond acceptors (Lipinski definition) is 4. The molecule has 1 rings (SSSR count). The number of aryl methyl sites for hydroxylation is 1. The Balaban J connectivity index is 2.79. The first kappa shape index (κ1) is 10.2. The van der Waals surface area contributed by atoms with Crippen molar-refractivity contribution >= 4 is 0 Å². The zero-order chi connectivity index (χ0) is 9.84. The van der Waals surface area contributed by atoms with Crippen LogP contribution >= 0.6 is 0 Å². The van der Waals surface area contributed by atoms with E-state index in [1.54, 1.807) is 0 Å². The Kier molecular flexibility index (Phi) is 3.42. The molecule has 0 aliphatic rings. The zero-order valence-corrected chi connectivity index (χ0v) is 8.45. The Morgan fingerprint density at radius 2 is 2.15 bits per heavy atom. The Morgan fingerprint density at radius 1 is 1.46 bits per heavy atom. The molecule has 74 valence electrons. The largest absolute Gasteiger partial charge is 0.339 e. The predicted molar refractivity (Wildman–Crippen MR) is 50.4 cm³/mol. The van der Waals surface area contributed by atoms with E-state index in [4.69, 9.17) is 10.3 Å². The minimum absolute atomic E-state index is 0.0650. The van der Waals surface area contributed by atoms with Gasteiger partial charge >= 0.3 is 0 Å². The minimum Gasteiger partial charge on any atom is -0.339 e. The molecular weight excluding hydrogens is 166 g/mol. The highest BCUT2D eigenvalue weighted by atomic mass is 16.5. The van der Waals surface area contributed by atoms with E-state index in [1.165, 1.54) is 0 Å². The molecule has 0 spiro atoms. The van der Waals surface area contributed by atoms with Crippen molar-refractivity contribution in [3.05, 3.63) is 11.7 Å². The maximum atomic E-state index is 5.80. The maximum Gasteiger partial charge on any atom is 0.231 e. The third-order valence-electron chi connectivity index (χ3n) is 2.19. The van der Waals surface area contributed by atoms with Crippen LogP contribution in [0.1, 0.15) is 44.8 Å². The highest BCUT2D eigenvalue weighted by Crippen LogP contribution is 2.20. The van der Waals surface area contributed by atoms with Crippen LogP contribution < -0.4 is 5.73 Å². The lowest BCUT2D eigenvalue weighted by atomic mass is 9.99. The molecule has 0 aromatic carbocycles. The predicted octanol–water partition coefficient (Wildman–Crippen LogP) is 1.47. The molecule has 0 aliphatic carbocycles. The van der Waals surface area contributed by atoms with Gasteiger partial charge < -0.3 is 10.3 Å². The average Bonchev–Trinajstić information content (AvgIpc) is 2.53. The van der Waals surface area contributed by atoms with Crippen LogP contribution in [0.2, 0.25) is 0 Å². The van der Waals surface area contributed by atoms with Gasteiger partial charge in [0.1, 0.15) is 0 Å². The van der Waals surface area contributed by atoms with Crippen molar-refractivity contribution in [1.29, 1.82) is 0 Å². The second-order valence-corrected chi connectivity index (χ2v) is 3.28. The molecule has 0 amide bonds. The van der Waals surface area contributed by atoms with Crippen molar-refractivity contribution in [3.8, 4) is 0 Å². The Hall–Kier alpha value is -0.900. The van der Waals surface area contributed by atoms with Crippen molar-refractivity contribution in [1.82, 2.24) is 10.1 Å². The lowest BCUT2D eigenvalue weighted by Crippen LogP contribution is -2.24. The van der Waals surface area contributed by atoms with Crippen molar-refractivity contribution in [2.75, 3.05) is 0 Å². The summed E-state index contributed by atoms with van der Waals surface area (Å²) >= 11 is 0. The van der Waals surface area contributed by atoms with Crippen LogP contribution in [0.5, 0.6) is 0 Å². The van der Waals surface area contributed by atoms with Crippen molar-refractivity contribution in [2.24, 2.45) is 5.73 Å². The van der Waals surface area contributed by atoms with E-state index in [9.17, 15) is 0 Å². The number of nitrogens with zero attached hydrogens (tertiary/aromatic N) is 2. The Labute approximate surface area is 78.5 Å². The summed E-state index contributed by atoms with van der Waals surface area (Å²) in [5.74, 6) is 1.62. The smallest absolute Gasteiger partial charge is 0.231 e. The lowest BCUT2D eigenvalue weighted by molar-refractivity contribution is 0.331. The molecule has 0 fully saturated rings. The molecule has 0 radical (unpaired) electrons. The SMILES string of the molecule is CCc1noc(C(CC)C(C)N)n1. The van der Waals surface area contributed by atoms with Gasteiger partial charge in [0.2, 0.25) is 5.89 Å². The van der Waals surface area contributed by atoms with E-state index in [1.807, 2.05) is 13.8 Å². The first-order valence-corrected chi connectivity index (χ1v) is 4.77. The van der Waals surface area contributed by atoms with E-state index in [2.05, 4.69) is 17.1 Å². The molecular formula is C9H17N3O. The van der Waals surface area contributed by atoms with Gasteiger partial charge in [-0.15, -0.1) is 0 Å². The third kappa shape index (κ3) is 2.28. The molecule has 2 atom stereocenters. The second kappa shape index (κ2) is 4.37. The quantitative estimate of drug-likeness (QED) is 0.767. The van der Waals surface area contributed by atoms with E-state index in [0.29, 0.717) is 5.89 Å². The fourth-order valence-corrected chi connectivity index (χ4v) is 1.33. The topological polar surface area (TPSA) is 64.9 Å². The summed E-state index contributed by atoms with van der Waals surface area (Å²) in [6, 6.07) is 0.0650. The highest BCUT2D eigenvalue weighted by molar-refractivity contribution is 4.96. The Morgan fingerprint density at radius 3 is 2.54 bits per heavy atom. The monoisotopic (exact) mass is 183 g/mol. The van der Waals surface area contributed by atoms with Crippen LogP contribution in [0.4, 0.5) is 0 Å². The van der Waals surface area contributed by atoms with Gasteiger partial charge in [-0.2, -0.15) is 4.98 Å². The normalized spacial score (nSPS) is 15.7. The first-order chi connectivity index (χ1) is 6.19. The van der Waals surface area contributed by atoms with Crippen LogP contribution in [0.15, 0.2) is 4.52 Å². The van der Waals surface area contributed by atoms with Gasteiger partial charge in [0.25, 0.3) is 0 Å². The molecule has 2 N–H and O–H groups in total. The van der Waals surface area contributed by atoms with Gasteiger partial charge in [0.15, 0.2) is 5.82 Å². The fraction of sp³-hybridized carbons (Fsp3) is 0.778. The number of aromatic nitrogens is 2. The van der Waals surface area contributed by atoms with Crippen LogP contribution in [0, 0.1) is 0 Å². The first-order valence-electron chi connectivity index (χ1n) is 4.77. The average molecular weight is 183 g/mol. The van der Waals surface area contributed by atoms with Gasteiger partial charge in [0, 0.05) is 12.5 Å². The summed E-state index contributed by atoms with van der Waals surface area (Å²) in [7, 11) is 0. The molecule has 0 saturated carbocycles. The number of rotatable bonds is 4. The zero-order valence-electron chi connectivity index (χ0n) is 8.45. The van der Waals surface area contributed by atoms with Crippen LogP contribution in [0.3, 0.4) is 0 Å². The molecule has 1 aromatic rings. The van der Waals surface area contributed by atoms with E-state index in [-0.39, 0.29) is 12.0 Å². The van der Waals surface area contributed by atoms with Crippen molar-refractivity contribution in [3.63, 3.8) is 0 Å². The summed E-state index contributed by atoms with van der Waals surface area (Å²) in [5.41, 5.74) is 5.80. The minimum atomic E-state index is 0.0650. The number of nitrogens with two attached hydrogens (primary N) is 1. The van der Waals surface area contributed by atoms with E-state index < -0.39 is 0 Å². The highest BCUT2D eigenvalue weighted by Gasteiger charge is 2.20. The van der Waals surface area contributed by atoms with Crippen molar-refractivity contribution in [2.45, 2.75) is 45.6 Å². The fourth-order valence-electron chi connectivity index (χ4n) is 1.33. The molecule has 4 heteroatoms. The number of hydrogen-bond donors (Lipinski definition) is 1. The van der Waals surface area contributed by atoms with Gasteiger partial charge in [-0.3, -0.25) is 0 Å². The molecule has 0 saturated heterocycles. The van der Waals surface area contributed by atoms with Gasteiger partial charge in [-0.05, 0) is 13.3 Å². The van der Waals surface area contributed by atoms with Crippen LogP contribution in [-0.2, 0) is 6.42 Å².